The van der Waals surface area contributed by atoms with Gasteiger partial charge in [-0.15, -0.1) is 0 Å². The van der Waals surface area contributed by atoms with Gasteiger partial charge in [0.1, 0.15) is 0 Å². The van der Waals surface area contributed by atoms with Crippen LogP contribution in [0.3, 0.4) is 0 Å². The monoisotopic (exact) mass is 252 g/mol. The molecule has 0 bridgehead atoms. The molecule has 0 unspecified atom stereocenters. The summed E-state index contributed by atoms with van der Waals surface area (Å²) < 4.78 is 0. The topological polar surface area (TPSA) is 27.0 Å². The van der Waals surface area contributed by atoms with E-state index in [1.165, 1.54) is 5.69 Å². The van der Waals surface area contributed by atoms with E-state index in [0.29, 0.717) is 0 Å². The summed E-state index contributed by atoms with van der Waals surface area (Å²) in [4.78, 5) is 2.32. The Morgan fingerprint density at radius 2 is 1.84 bits per heavy atom. The lowest BCUT2D eigenvalue weighted by Gasteiger charge is -2.21. The van der Waals surface area contributed by atoms with Gasteiger partial charge in [-0.2, -0.15) is 5.26 Å². The zero-order valence-corrected chi connectivity index (χ0v) is 11.7. The second-order valence-corrected chi connectivity index (χ2v) is 4.66. The summed E-state index contributed by atoms with van der Waals surface area (Å²) in [6, 6.07) is 10.9. The molecule has 0 saturated heterocycles. The van der Waals surface area contributed by atoms with Crippen molar-refractivity contribution in [3.05, 3.63) is 47.6 Å². The van der Waals surface area contributed by atoms with E-state index in [9.17, 15) is 5.26 Å². The molecule has 0 heterocycles. The van der Waals surface area contributed by atoms with Crippen LogP contribution >= 0.6 is 0 Å². The molecule has 19 heavy (non-hydrogen) atoms. The van der Waals surface area contributed by atoms with Gasteiger partial charge < -0.3 is 4.90 Å². The minimum absolute atomic E-state index is 0.861. The Morgan fingerprint density at radius 1 is 1.16 bits per heavy atom. The fraction of sp³-hybridized carbons (Fsp3) is 0.353. The predicted octanol–water partition coefficient (Wildman–Crippen LogP) is 4.16. The maximum absolute atomic E-state index is 9.19. The first-order valence-electron chi connectivity index (χ1n) is 6.95. The van der Waals surface area contributed by atoms with Crippen molar-refractivity contribution in [3.8, 4) is 6.07 Å². The molecule has 0 fully saturated rings. The van der Waals surface area contributed by atoms with E-state index in [4.69, 9.17) is 0 Å². The van der Waals surface area contributed by atoms with Crippen LogP contribution in [0, 0.1) is 11.3 Å². The Labute approximate surface area is 115 Å². The largest absolute Gasteiger partial charge is 0.372 e. The van der Waals surface area contributed by atoms with Crippen LogP contribution in [0.5, 0.6) is 0 Å². The standard InChI is InChI=1S/C17H20N2/c1-3-19(4-2)16-11-9-14(10-12-16)17-8-6-5-7-15(17)13-18/h6,8-12H,3-5,7H2,1-2H3. The summed E-state index contributed by atoms with van der Waals surface area (Å²) in [6.45, 7) is 6.36. The molecule has 2 nitrogen and oxygen atoms in total. The molecule has 1 aromatic rings. The molecule has 2 heteroatoms. The lowest BCUT2D eigenvalue weighted by atomic mass is 9.93. The highest BCUT2D eigenvalue weighted by Gasteiger charge is 2.10. The molecule has 0 atom stereocenters. The third kappa shape index (κ3) is 2.88. The van der Waals surface area contributed by atoms with E-state index >= 15 is 0 Å². The van der Waals surface area contributed by atoms with Crippen molar-refractivity contribution in [2.75, 3.05) is 18.0 Å². The van der Waals surface area contributed by atoms with Crippen LogP contribution in [0.4, 0.5) is 5.69 Å². The van der Waals surface area contributed by atoms with E-state index in [0.717, 1.165) is 42.6 Å². The highest BCUT2D eigenvalue weighted by molar-refractivity contribution is 5.80. The molecule has 0 aliphatic heterocycles. The molecule has 1 aliphatic rings. The first kappa shape index (κ1) is 13.4. The molecule has 0 N–H and O–H groups in total. The van der Waals surface area contributed by atoms with E-state index in [1.807, 2.05) is 0 Å². The molecule has 98 valence electrons. The number of rotatable bonds is 4. The lowest BCUT2D eigenvalue weighted by Crippen LogP contribution is -2.21. The first-order valence-corrected chi connectivity index (χ1v) is 6.95. The van der Waals surface area contributed by atoms with Crippen LogP contribution in [-0.4, -0.2) is 13.1 Å². The summed E-state index contributed by atoms with van der Waals surface area (Å²) in [6.07, 6.45) is 6.06. The van der Waals surface area contributed by atoms with Gasteiger partial charge in [0, 0.05) is 24.4 Å². The van der Waals surface area contributed by atoms with E-state index < -0.39 is 0 Å². The van der Waals surface area contributed by atoms with Gasteiger partial charge >= 0.3 is 0 Å². The van der Waals surface area contributed by atoms with Crippen LogP contribution in [0.15, 0.2) is 42.0 Å². The predicted molar refractivity (Wildman–Crippen MR) is 80.9 cm³/mol. The number of nitriles is 1. The second-order valence-electron chi connectivity index (χ2n) is 4.66. The number of nitrogens with zero attached hydrogens (tertiary/aromatic N) is 2. The van der Waals surface area contributed by atoms with E-state index in [-0.39, 0.29) is 0 Å². The Kier molecular flexibility index (Phi) is 4.41. The number of hydrogen-bond acceptors (Lipinski definition) is 2. The molecule has 0 spiro atoms. The van der Waals surface area contributed by atoms with Crippen molar-refractivity contribution in [3.63, 3.8) is 0 Å². The molecule has 0 amide bonds. The van der Waals surface area contributed by atoms with Gasteiger partial charge in [0.15, 0.2) is 0 Å². The maximum atomic E-state index is 9.19. The summed E-state index contributed by atoms with van der Waals surface area (Å²) in [7, 11) is 0. The molecule has 2 rings (SSSR count). The fourth-order valence-corrected chi connectivity index (χ4v) is 2.49. The Hall–Kier alpha value is -2.01. The quantitative estimate of drug-likeness (QED) is 0.804. The highest BCUT2D eigenvalue weighted by atomic mass is 15.1. The number of benzene rings is 1. The van der Waals surface area contributed by atoms with Crippen LogP contribution in [-0.2, 0) is 0 Å². The molecule has 1 aromatic carbocycles. The zero-order valence-electron chi connectivity index (χ0n) is 11.7. The Morgan fingerprint density at radius 3 is 2.42 bits per heavy atom. The summed E-state index contributed by atoms with van der Waals surface area (Å²) in [5.74, 6) is 0. The van der Waals surface area contributed by atoms with Crippen molar-refractivity contribution < 1.29 is 0 Å². The second kappa shape index (κ2) is 6.24. The average molecular weight is 252 g/mol. The van der Waals surface area contributed by atoms with Crippen molar-refractivity contribution in [1.82, 2.24) is 0 Å². The van der Waals surface area contributed by atoms with Crippen LogP contribution in [0.1, 0.15) is 32.3 Å². The normalized spacial score (nSPS) is 14.4. The van der Waals surface area contributed by atoms with Crippen LogP contribution < -0.4 is 4.90 Å². The highest BCUT2D eigenvalue weighted by Crippen LogP contribution is 2.28. The lowest BCUT2D eigenvalue weighted by molar-refractivity contribution is 0.866. The molecule has 1 aliphatic carbocycles. The summed E-state index contributed by atoms with van der Waals surface area (Å²) >= 11 is 0. The van der Waals surface area contributed by atoms with E-state index in [1.54, 1.807) is 0 Å². The van der Waals surface area contributed by atoms with Crippen molar-refractivity contribution >= 4 is 11.3 Å². The van der Waals surface area contributed by atoms with Gasteiger partial charge in [0.05, 0.1) is 6.07 Å². The smallest absolute Gasteiger partial charge is 0.0953 e. The SMILES string of the molecule is CCN(CC)c1ccc(C2=C(C#N)CCC=C2)cc1. The van der Waals surface area contributed by atoms with Gasteiger partial charge in [-0.25, -0.2) is 0 Å². The Balaban J connectivity index is 2.31. The van der Waals surface area contributed by atoms with Gasteiger partial charge in [-0.3, -0.25) is 0 Å². The fourth-order valence-electron chi connectivity index (χ4n) is 2.49. The Bertz CT molecular complexity index is 525. The number of anilines is 1. The van der Waals surface area contributed by atoms with Gasteiger partial charge in [0.2, 0.25) is 0 Å². The third-order valence-electron chi connectivity index (χ3n) is 3.61. The number of hydrogen-bond donors (Lipinski definition) is 0. The third-order valence-corrected chi connectivity index (χ3v) is 3.61. The summed E-state index contributed by atoms with van der Waals surface area (Å²) in [5, 5.41) is 9.19. The van der Waals surface area contributed by atoms with Crippen LogP contribution in [0.2, 0.25) is 0 Å². The average Bonchev–Trinajstić information content (AvgIpc) is 2.49. The van der Waals surface area contributed by atoms with Gasteiger partial charge in [-0.05, 0) is 50.0 Å². The molecular formula is C17H20N2. The molecule has 0 radical (unpaired) electrons. The van der Waals surface area contributed by atoms with E-state index in [2.05, 4.69) is 61.2 Å². The molecular weight excluding hydrogens is 232 g/mol. The van der Waals surface area contributed by atoms with Crippen molar-refractivity contribution in [2.45, 2.75) is 26.7 Å². The number of allylic oxidation sites excluding steroid dienone is 4. The maximum Gasteiger partial charge on any atom is 0.0953 e. The molecule has 0 saturated carbocycles. The first-order chi connectivity index (χ1) is 9.30. The van der Waals surface area contributed by atoms with Gasteiger partial charge in [0.25, 0.3) is 0 Å². The minimum Gasteiger partial charge on any atom is -0.372 e. The van der Waals surface area contributed by atoms with Crippen molar-refractivity contribution in [1.29, 1.82) is 5.26 Å². The van der Waals surface area contributed by atoms with Gasteiger partial charge in [-0.1, -0.05) is 24.3 Å². The van der Waals surface area contributed by atoms with Crippen LogP contribution in [0.25, 0.3) is 5.57 Å². The zero-order chi connectivity index (χ0) is 13.7. The summed E-state index contributed by atoms with van der Waals surface area (Å²) in [5.41, 5.74) is 4.37. The molecule has 0 aromatic heterocycles. The van der Waals surface area contributed by atoms with Crippen molar-refractivity contribution in [2.24, 2.45) is 0 Å². The minimum atomic E-state index is 0.861.